The van der Waals surface area contributed by atoms with Gasteiger partial charge in [-0.2, -0.15) is 0 Å². The number of carbonyl (C=O) groups is 1. The maximum Gasteiger partial charge on any atom is 0.238 e. The van der Waals surface area contributed by atoms with E-state index in [0.29, 0.717) is 21.9 Å². The van der Waals surface area contributed by atoms with Gasteiger partial charge in [-0.15, -0.1) is 0 Å². The van der Waals surface area contributed by atoms with Gasteiger partial charge >= 0.3 is 0 Å². The molecular weight excluding hydrogens is 220 g/mol. The van der Waals surface area contributed by atoms with Crippen molar-refractivity contribution in [2.24, 2.45) is 0 Å². The van der Waals surface area contributed by atoms with Crippen molar-refractivity contribution in [2.75, 3.05) is 0 Å². The zero-order valence-corrected chi connectivity index (χ0v) is 9.33. The van der Waals surface area contributed by atoms with Gasteiger partial charge in [0.2, 0.25) is 14.0 Å². The fourth-order valence-electron chi connectivity index (χ4n) is 1.54. The second-order valence-corrected chi connectivity index (χ2v) is 6.90. The number of hydrogen-bond acceptors (Lipinski definition) is 4. The molecule has 1 aliphatic rings. The van der Waals surface area contributed by atoms with Crippen molar-refractivity contribution in [1.29, 1.82) is 0 Å². The summed E-state index contributed by atoms with van der Waals surface area (Å²) in [5.41, 5.74) is 1.73. The van der Waals surface area contributed by atoms with E-state index < -0.39 is 8.87 Å². The molecule has 5 heteroatoms. The molecule has 14 heavy (non-hydrogen) atoms. The largest absolute Gasteiger partial charge is 0.280 e. The Balaban J connectivity index is 2.94. The van der Waals surface area contributed by atoms with Gasteiger partial charge in [-0.3, -0.25) is 4.79 Å². The topological polar surface area (TPSA) is 51.2 Å². The third kappa shape index (κ3) is 1.19. The summed E-state index contributed by atoms with van der Waals surface area (Å²) in [6, 6.07) is 3.50. The molecule has 0 bridgehead atoms. The molecular formula is C9H8O3S2. The van der Waals surface area contributed by atoms with Gasteiger partial charge in [0.25, 0.3) is 0 Å². The Morgan fingerprint density at radius 3 is 2.29 bits per heavy atom. The van der Waals surface area contributed by atoms with E-state index in [1.165, 1.54) is 0 Å². The molecule has 0 unspecified atom stereocenters. The number of hydrogen-bond donors (Lipinski definition) is 0. The van der Waals surface area contributed by atoms with Gasteiger partial charge in [0, 0.05) is 0 Å². The molecule has 0 saturated carbocycles. The van der Waals surface area contributed by atoms with Gasteiger partial charge in [0.1, 0.15) is 0 Å². The van der Waals surface area contributed by atoms with E-state index in [1.54, 1.807) is 26.0 Å². The molecule has 3 nitrogen and oxygen atoms in total. The van der Waals surface area contributed by atoms with Crippen molar-refractivity contribution in [2.45, 2.75) is 18.7 Å². The summed E-state index contributed by atoms with van der Waals surface area (Å²) >= 11 is 0. The Bertz CT molecular complexity index is 529. The molecule has 0 atom stereocenters. The number of benzene rings is 1. The van der Waals surface area contributed by atoms with Gasteiger partial charge in [-0.25, -0.2) is 8.42 Å². The Morgan fingerprint density at radius 1 is 1.14 bits per heavy atom. The standard InChI is InChI=1S/C9H8O3S2/c1-5-3-4-6(2)8-7(5)9(10)13-14(8,11)12/h3-4H,1-2H3. The zero-order chi connectivity index (χ0) is 10.5. The van der Waals surface area contributed by atoms with Crippen LogP contribution in [-0.4, -0.2) is 13.5 Å². The number of aryl methyl sites for hydroxylation is 2. The van der Waals surface area contributed by atoms with Gasteiger partial charge in [-0.1, -0.05) is 12.1 Å². The van der Waals surface area contributed by atoms with Crippen molar-refractivity contribution in [1.82, 2.24) is 0 Å². The first kappa shape index (κ1) is 9.73. The minimum Gasteiger partial charge on any atom is -0.280 e. The highest BCUT2D eigenvalue weighted by atomic mass is 33.1. The quantitative estimate of drug-likeness (QED) is 0.636. The van der Waals surface area contributed by atoms with Crippen LogP contribution < -0.4 is 0 Å². The lowest BCUT2D eigenvalue weighted by molar-refractivity contribution is 0.108. The highest BCUT2D eigenvalue weighted by Crippen LogP contribution is 2.41. The first-order chi connectivity index (χ1) is 6.43. The minimum atomic E-state index is -3.44. The summed E-state index contributed by atoms with van der Waals surface area (Å²) in [7, 11) is -3.03. The summed E-state index contributed by atoms with van der Waals surface area (Å²) in [6.45, 7) is 3.45. The maximum absolute atomic E-state index is 11.6. The van der Waals surface area contributed by atoms with E-state index in [2.05, 4.69) is 0 Å². The van der Waals surface area contributed by atoms with Gasteiger partial charge in [-0.05, 0) is 25.0 Å². The summed E-state index contributed by atoms with van der Waals surface area (Å²) in [5, 5.41) is -0.360. The number of fused-ring (bicyclic) bond motifs is 1. The third-order valence-corrected chi connectivity index (χ3v) is 5.42. The van der Waals surface area contributed by atoms with Crippen LogP contribution in [0.1, 0.15) is 21.5 Å². The smallest absolute Gasteiger partial charge is 0.238 e. The van der Waals surface area contributed by atoms with Gasteiger partial charge in [0.15, 0.2) is 0 Å². The van der Waals surface area contributed by atoms with Crippen molar-refractivity contribution < 1.29 is 13.2 Å². The van der Waals surface area contributed by atoms with Crippen molar-refractivity contribution in [3.8, 4) is 0 Å². The van der Waals surface area contributed by atoms with Crippen LogP contribution in [0.4, 0.5) is 0 Å². The molecule has 1 aromatic carbocycles. The van der Waals surface area contributed by atoms with Crippen LogP contribution in [0.2, 0.25) is 0 Å². The van der Waals surface area contributed by atoms with Crippen LogP contribution in [0.5, 0.6) is 0 Å². The SMILES string of the molecule is Cc1ccc(C)c2c1C(=O)SS2(=O)=O. The van der Waals surface area contributed by atoms with Crippen LogP contribution in [0, 0.1) is 13.8 Å². The monoisotopic (exact) mass is 228 g/mol. The van der Waals surface area contributed by atoms with Crippen LogP contribution in [0.25, 0.3) is 0 Å². The van der Waals surface area contributed by atoms with E-state index in [1.807, 2.05) is 0 Å². The maximum atomic E-state index is 11.6. The Morgan fingerprint density at radius 2 is 1.71 bits per heavy atom. The van der Waals surface area contributed by atoms with E-state index in [9.17, 15) is 13.2 Å². The molecule has 1 heterocycles. The Labute approximate surface area is 85.8 Å². The molecule has 2 rings (SSSR count). The first-order valence-electron chi connectivity index (χ1n) is 4.02. The Kier molecular flexibility index (Phi) is 1.97. The molecule has 0 aliphatic carbocycles. The molecule has 0 N–H and O–H groups in total. The van der Waals surface area contributed by atoms with Crippen molar-refractivity contribution in [3.63, 3.8) is 0 Å². The van der Waals surface area contributed by atoms with Gasteiger partial charge < -0.3 is 0 Å². The highest BCUT2D eigenvalue weighted by Gasteiger charge is 2.37. The predicted octanol–water partition coefficient (Wildman–Crippen LogP) is 1.88. The zero-order valence-electron chi connectivity index (χ0n) is 7.70. The molecule has 0 aromatic heterocycles. The molecule has 0 radical (unpaired) electrons. The Hall–Kier alpha value is -0.810. The summed E-state index contributed by atoms with van der Waals surface area (Å²) in [5.74, 6) is 0. The van der Waals surface area contributed by atoms with Gasteiger partial charge in [0.05, 0.1) is 21.3 Å². The second-order valence-electron chi connectivity index (χ2n) is 3.23. The predicted molar refractivity (Wildman–Crippen MR) is 55.0 cm³/mol. The van der Waals surface area contributed by atoms with Crippen molar-refractivity contribution >= 4 is 24.8 Å². The third-order valence-electron chi connectivity index (χ3n) is 2.20. The lowest BCUT2D eigenvalue weighted by Crippen LogP contribution is -1.97. The number of carbonyl (C=O) groups excluding carboxylic acids is 1. The molecule has 0 fully saturated rings. The summed E-state index contributed by atoms with van der Waals surface area (Å²) < 4.78 is 23.2. The average molecular weight is 228 g/mol. The lowest BCUT2D eigenvalue weighted by Gasteiger charge is -2.03. The fraction of sp³-hybridized carbons (Fsp3) is 0.222. The second kappa shape index (κ2) is 2.84. The van der Waals surface area contributed by atoms with E-state index >= 15 is 0 Å². The molecule has 0 spiro atoms. The van der Waals surface area contributed by atoms with Crippen molar-refractivity contribution in [3.05, 3.63) is 28.8 Å². The van der Waals surface area contributed by atoms with Crippen LogP contribution >= 0.6 is 10.8 Å². The number of rotatable bonds is 0. The molecule has 0 amide bonds. The molecule has 0 saturated heterocycles. The fourth-order valence-corrected chi connectivity index (χ4v) is 4.95. The summed E-state index contributed by atoms with van der Waals surface area (Å²) in [6.07, 6.45) is 0. The minimum absolute atomic E-state index is 0.201. The molecule has 74 valence electrons. The van der Waals surface area contributed by atoms with E-state index in [0.717, 1.165) is 5.56 Å². The molecule has 1 aromatic rings. The normalized spacial score (nSPS) is 18.3. The summed E-state index contributed by atoms with van der Waals surface area (Å²) in [4.78, 5) is 11.6. The molecule has 1 aliphatic heterocycles. The van der Waals surface area contributed by atoms with Crippen LogP contribution in [0.3, 0.4) is 0 Å². The average Bonchev–Trinajstić information content (AvgIpc) is 2.30. The lowest BCUT2D eigenvalue weighted by atomic mass is 10.1. The highest BCUT2D eigenvalue weighted by molar-refractivity contribution is 8.78. The van der Waals surface area contributed by atoms with E-state index in [4.69, 9.17) is 0 Å². The van der Waals surface area contributed by atoms with Crippen LogP contribution in [-0.2, 0) is 8.87 Å². The van der Waals surface area contributed by atoms with E-state index in [-0.39, 0.29) is 10.0 Å². The first-order valence-corrected chi connectivity index (χ1v) is 6.84. The van der Waals surface area contributed by atoms with Crippen LogP contribution in [0.15, 0.2) is 17.0 Å².